The molecule has 1 saturated carbocycles. The van der Waals surface area contributed by atoms with Crippen LogP contribution in [0.25, 0.3) is 0 Å². The van der Waals surface area contributed by atoms with Crippen LogP contribution >= 0.6 is 27.7 Å². The Morgan fingerprint density at radius 2 is 1.95 bits per heavy atom. The number of rotatable bonds is 4. The lowest BCUT2D eigenvalue weighted by Gasteiger charge is -2.32. The summed E-state index contributed by atoms with van der Waals surface area (Å²) in [5, 5.41) is 12.2. The van der Waals surface area contributed by atoms with E-state index in [1.165, 1.54) is 11.8 Å². The highest BCUT2D eigenvalue weighted by Gasteiger charge is 2.34. The van der Waals surface area contributed by atoms with E-state index in [0.717, 1.165) is 41.5 Å². The van der Waals surface area contributed by atoms with E-state index in [1.807, 2.05) is 31.2 Å². The molecule has 0 heterocycles. The maximum absolute atomic E-state index is 12.4. The van der Waals surface area contributed by atoms with Crippen LogP contribution in [0.5, 0.6) is 0 Å². The van der Waals surface area contributed by atoms with Crippen molar-refractivity contribution in [2.75, 3.05) is 0 Å². The fourth-order valence-electron chi connectivity index (χ4n) is 2.53. The smallest absolute Gasteiger partial charge is 0.234 e. The van der Waals surface area contributed by atoms with Crippen LogP contribution in [0.1, 0.15) is 39.0 Å². The first-order valence-electron chi connectivity index (χ1n) is 7.20. The van der Waals surface area contributed by atoms with Crippen LogP contribution in [0, 0.1) is 11.3 Å². The Balaban J connectivity index is 1.95. The first kappa shape index (κ1) is 16.4. The SMILES string of the molecule is C[C@H](Sc1ccc(Br)cc1)C(=O)NC1(C#N)CCCCC1. The summed E-state index contributed by atoms with van der Waals surface area (Å²) in [5.74, 6) is -0.0497. The molecule has 112 valence electrons. The summed E-state index contributed by atoms with van der Waals surface area (Å²) < 4.78 is 1.02. The molecule has 1 aromatic carbocycles. The van der Waals surface area contributed by atoms with E-state index < -0.39 is 5.54 Å². The van der Waals surface area contributed by atoms with Crippen molar-refractivity contribution in [2.24, 2.45) is 0 Å². The van der Waals surface area contributed by atoms with Gasteiger partial charge in [-0.15, -0.1) is 11.8 Å². The maximum atomic E-state index is 12.4. The van der Waals surface area contributed by atoms with Gasteiger partial charge in [-0.25, -0.2) is 0 Å². The average Bonchev–Trinajstić information content (AvgIpc) is 2.50. The zero-order valence-electron chi connectivity index (χ0n) is 12.1. The molecule has 0 unspecified atom stereocenters. The standard InChI is InChI=1S/C16H19BrN2OS/c1-12(21-14-7-5-13(17)6-8-14)15(20)19-16(11-18)9-3-2-4-10-16/h5-8,12H,2-4,9-10H2,1H3,(H,19,20)/t12-/m0/s1. The van der Waals surface area contributed by atoms with Crippen molar-refractivity contribution in [3.63, 3.8) is 0 Å². The van der Waals surface area contributed by atoms with E-state index in [9.17, 15) is 10.1 Å². The highest BCUT2D eigenvalue weighted by Crippen LogP contribution is 2.29. The highest BCUT2D eigenvalue weighted by molar-refractivity contribution is 9.10. The minimum atomic E-state index is -0.649. The summed E-state index contributed by atoms with van der Waals surface area (Å²) in [5.41, 5.74) is -0.649. The fraction of sp³-hybridized carbons (Fsp3) is 0.500. The van der Waals surface area contributed by atoms with Crippen LogP contribution in [0.15, 0.2) is 33.6 Å². The van der Waals surface area contributed by atoms with Gasteiger partial charge in [0.2, 0.25) is 5.91 Å². The van der Waals surface area contributed by atoms with Crippen molar-refractivity contribution in [1.82, 2.24) is 5.32 Å². The number of hydrogen-bond donors (Lipinski definition) is 1. The Morgan fingerprint density at radius 3 is 2.52 bits per heavy atom. The number of amides is 1. The minimum Gasteiger partial charge on any atom is -0.337 e. The van der Waals surface area contributed by atoms with Gasteiger partial charge in [0.05, 0.1) is 11.3 Å². The predicted octanol–water partition coefficient (Wildman–Crippen LogP) is 4.27. The minimum absolute atomic E-state index is 0.0497. The summed E-state index contributed by atoms with van der Waals surface area (Å²) in [6.07, 6.45) is 4.72. The number of carbonyl (C=O) groups is 1. The average molecular weight is 367 g/mol. The molecule has 1 amide bonds. The van der Waals surface area contributed by atoms with Crippen LogP contribution < -0.4 is 5.32 Å². The van der Waals surface area contributed by atoms with E-state index in [-0.39, 0.29) is 11.2 Å². The molecule has 1 N–H and O–H groups in total. The Morgan fingerprint density at radius 1 is 1.33 bits per heavy atom. The summed E-state index contributed by atoms with van der Waals surface area (Å²) >= 11 is 4.91. The molecule has 3 nitrogen and oxygen atoms in total. The van der Waals surface area contributed by atoms with E-state index in [4.69, 9.17) is 0 Å². The van der Waals surface area contributed by atoms with Gasteiger partial charge in [0.1, 0.15) is 5.54 Å². The molecule has 1 aromatic rings. The zero-order chi connectivity index (χ0) is 15.3. The molecular weight excluding hydrogens is 348 g/mol. The van der Waals surface area contributed by atoms with Crippen LogP contribution in [-0.2, 0) is 4.79 Å². The molecule has 0 aliphatic heterocycles. The molecule has 0 radical (unpaired) electrons. The second-order valence-corrected chi connectivity index (χ2v) is 7.79. The van der Waals surface area contributed by atoms with Crippen LogP contribution in [0.2, 0.25) is 0 Å². The van der Waals surface area contributed by atoms with Gasteiger partial charge >= 0.3 is 0 Å². The van der Waals surface area contributed by atoms with Crippen molar-refractivity contribution < 1.29 is 4.79 Å². The second kappa shape index (κ2) is 7.33. The maximum Gasteiger partial charge on any atom is 0.234 e. The van der Waals surface area contributed by atoms with Gasteiger partial charge < -0.3 is 5.32 Å². The predicted molar refractivity (Wildman–Crippen MR) is 89.0 cm³/mol. The van der Waals surface area contributed by atoms with Crippen molar-refractivity contribution in [2.45, 2.75) is 54.7 Å². The van der Waals surface area contributed by atoms with Gasteiger partial charge in [-0.1, -0.05) is 35.2 Å². The molecule has 2 rings (SSSR count). The van der Waals surface area contributed by atoms with Crippen LogP contribution in [0.4, 0.5) is 0 Å². The fourth-order valence-corrected chi connectivity index (χ4v) is 3.66. The summed E-state index contributed by atoms with van der Waals surface area (Å²) in [6.45, 7) is 1.88. The number of thioether (sulfide) groups is 1. The molecule has 0 bridgehead atoms. The Bertz CT molecular complexity index is 532. The molecular formula is C16H19BrN2OS. The van der Waals surface area contributed by atoms with E-state index in [0.29, 0.717) is 0 Å². The molecule has 1 atom stereocenters. The summed E-state index contributed by atoms with van der Waals surface area (Å²) in [4.78, 5) is 13.4. The number of carbonyl (C=O) groups excluding carboxylic acids is 1. The van der Waals surface area contributed by atoms with Gasteiger partial charge in [-0.3, -0.25) is 4.79 Å². The third kappa shape index (κ3) is 4.49. The van der Waals surface area contributed by atoms with Gasteiger partial charge in [-0.05, 0) is 44.0 Å². The van der Waals surface area contributed by atoms with E-state index in [2.05, 4.69) is 27.3 Å². The number of halogens is 1. The van der Waals surface area contributed by atoms with Crippen LogP contribution in [0.3, 0.4) is 0 Å². The molecule has 0 spiro atoms. The zero-order valence-corrected chi connectivity index (χ0v) is 14.5. The Labute approximate surface area is 138 Å². The molecule has 1 aliphatic rings. The third-order valence-corrected chi connectivity index (χ3v) is 5.42. The Hall–Kier alpha value is -0.990. The lowest BCUT2D eigenvalue weighted by atomic mass is 9.83. The van der Waals surface area contributed by atoms with Crippen LogP contribution in [-0.4, -0.2) is 16.7 Å². The largest absolute Gasteiger partial charge is 0.337 e. The van der Waals surface area contributed by atoms with Gasteiger partial charge in [0.25, 0.3) is 0 Å². The molecule has 5 heteroatoms. The van der Waals surface area contributed by atoms with Crippen molar-refractivity contribution in [3.05, 3.63) is 28.7 Å². The summed E-state index contributed by atoms with van der Waals surface area (Å²) in [7, 11) is 0. The molecule has 1 aliphatic carbocycles. The third-order valence-electron chi connectivity index (χ3n) is 3.78. The number of nitrogens with zero attached hydrogens (tertiary/aromatic N) is 1. The topological polar surface area (TPSA) is 52.9 Å². The van der Waals surface area contributed by atoms with Crippen molar-refractivity contribution in [1.29, 1.82) is 5.26 Å². The first-order valence-corrected chi connectivity index (χ1v) is 8.87. The number of nitriles is 1. The second-order valence-electron chi connectivity index (χ2n) is 5.46. The van der Waals surface area contributed by atoms with E-state index >= 15 is 0 Å². The molecule has 21 heavy (non-hydrogen) atoms. The monoisotopic (exact) mass is 366 g/mol. The lowest BCUT2D eigenvalue weighted by Crippen LogP contribution is -2.50. The molecule has 1 fully saturated rings. The summed E-state index contributed by atoms with van der Waals surface area (Å²) in [6, 6.07) is 10.2. The van der Waals surface area contributed by atoms with Crippen molar-refractivity contribution >= 4 is 33.6 Å². The number of nitrogens with one attached hydrogen (secondary N) is 1. The normalized spacial score (nSPS) is 18.5. The molecule has 0 saturated heterocycles. The van der Waals surface area contributed by atoms with Gasteiger partial charge in [-0.2, -0.15) is 5.26 Å². The lowest BCUT2D eigenvalue weighted by molar-refractivity contribution is -0.121. The van der Waals surface area contributed by atoms with Gasteiger partial charge in [0.15, 0.2) is 0 Å². The molecule has 0 aromatic heterocycles. The van der Waals surface area contributed by atoms with Gasteiger partial charge in [0, 0.05) is 9.37 Å². The van der Waals surface area contributed by atoms with E-state index in [1.54, 1.807) is 0 Å². The Kier molecular flexibility index (Phi) is 5.72. The quantitative estimate of drug-likeness (QED) is 0.809. The number of benzene rings is 1. The first-order chi connectivity index (χ1) is 10.0. The number of hydrogen-bond acceptors (Lipinski definition) is 3. The van der Waals surface area contributed by atoms with Crippen molar-refractivity contribution in [3.8, 4) is 6.07 Å². The highest BCUT2D eigenvalue weighted by atomic mass is 79.9.